The summed E-state index contributed by atoms with van der Waals surface area (Å²) in [6, 6.07) is 29.8. The zero-order chi connectivity index (χ0) is 26.8. The molecular formula is C31H34O3Si3. The SMILES string of the molecule is C=C[Si](C=C)(OC(O[Si](C=C)(C=C)c1ccccc1)O[Si](C=C)(C=C)c1ccccc1)c1ccccc1. The lowest BCUT2D eigenvalue weighted by atomic mass is 10.4. The van der Waals surface area contributed by atoms with E-state index in [4.69, 9.17) is 13.3 Å². The van der Waals surface area contributed by atoms with Crippen LogP contribution >= 0.6 is 0 Å². The van der Waals surface area contributed by atoms with E-state index in [0.29, 0.717) is 0 Å². The molecule has 188 valence electrons. The minimum absolute atomic E-state index is 0.977. The van der Waals surface area contributed by atoms with E-state index in [-0.39, 0.29) is 0 Å². The van der Waals surface area contributed by atoms with E-state index >= 15 is 0 Å². The summed E-state index contributed by atoms with van der Waals surface area (Å²) in [5, 5.41) is 2.93. The largest absolute Gasteiger partial charge is 0.360 e. The second-order valence-electron chi connectivity index (χ2n) is 8.34. The number of hydrogen-bond acceptors (Lipinski definition) is 3. The molecule has 0 aromatic heterocycles. The molecule has 0 radical (unpaired) electrons. The van der Waals surface area contributed by atoms with E-state index in [1.54, 1.807) is 0 Å². The Balaban J connectivity index is 2.16. The molecule has 0 saturated heterocycles. The molecule has 37 heavy (non-hydrogen) atoms. The van der Waals surface area contributed by atoms with Gasteiger partial charge in [0.1, 0.15) is 0 Å². The maximum atomic E-state index is 6.82. The van der Waals surface area contributed by atoms with Gasteiger partial charge in [-0.3, -0.25) is 0 Å². The van der Waals surface area contributed by atoms with Crippen molar-refractivity contribution >= 4 is 40.5 Å². The molecule has 0 spiro atoms. The van der Waals surface area contributed by atoms with E-state index in [1.807, 2.05) is 125 Å². The summed E-state index contributed by atoms with van der Waals surface area (Å²) >= 11 is 0. The summed E-state index contributed by atoms with van der Waals surface area (Å²) in [4.78, 5) is 0. The fraction of sp³-hybridized carbons (Fsp3) is 0.0323. The highest BCUT2D eigenvalue weighted by atomic mass is 28.4. The number of rotatable bonds is 15. The average Bonchev–Trinajstić information content (AvgIpc) is 2.98. The van der Waals surface area contributed by atoms with Gasteiger partial charge in [0.2, 0.25) is 6.48 Å². The molecule has 0 fully saturated rings. The third kappa shape index (κ3) is 5.97. The normalized spacial score (nSPS) is 11.9. The summed E-state index contributed by atoms with van der Waals surface area (Å²) in [6.07, 6.45) is 0. The molecule has 6 heteroatoms. The number of benzene rings is 3. The van der Waals surface area contributed by atoms with Crippen molar-refractivity contribution in [2.75, 3.05) is 0 Å². The summed E-state index contributed by atoms with van der Waals surface area (Å²) in [5.41, 5.74) is 11.0. The molecule has 0 bridgehead atoms. The molecule has 0 amide bonds. The van der Waals surface area contributed by atoms with E-state index in [2.05, 4.69) is 39.5 Å². The molecule has 3 aromatic carbocycles. The van der Waals surface area contributed by atoms with Gasteiger partial charge >= 0.3 is 0 Å². The molecule has 0 aliphatic carbocycles. The fourth-order valence-electron chi connectivity index (χ4n) is 4.10. The second-order valence-corrected chi connectivity index (χ2v) is 18.0. The first kappa shape index (κ1) is 28.2. The van der Waals surface area contributed by atoms with Crippen LogP contribution in [0.5, 0.6) is 0 Å². The van der Waals surface area contributed by atoms with Gasteiger partial charge in [0.05, 0.1) is 0 Å². The average molecular weight is 539 g/mol. The van der Waals surface area contributed by atoms with Gasteiger partial charge in [0.25, 0.3) is 25.0 Å². The second kappa shape index (κ2) is 12.7. The highest BCUT2D eigenvalue weighted by Gasteiger charge is 2.44. The Morgan fingerprint density at radius 2 is 0.622 bits per heavy atom. The van der Waals surface area contributed by atoms with Crippen LogP contribution in [-0.2, 0) is 13.3 Å². The van der Waals surface area contributed by atoms with Crippen molar-refractivity contribution < 1.29 is 13.3 Å². The van der Waals surface area contributed by atoms with Crippen molar-refractivity contribution in [2.24, 2.45) is 0 Å². The van der Waals surface area contributed by atoms with Crippen molar-refractivity contribution in [3.05, 3.63) is 165 Å². The number of hydrogen-bond donors (Lipinski definition) is 0. The van der Waals surface area contributed by atoms with Crippen molar-refractivity contribution in [2.45, 2.75) is 6.48 Å². The topological polar surface area (TPSA) is 27.7 Å². The lowest BCUT2D eigenvalue weighted by Gasteiger charge is -2.39. The Morgan fingerprint density at radius 1 is 0.405 bits per heavy atom. The Bertz CT molecular complexity index is 1050. The van der Waals surface area contributed by atoms with Crippen LogP contribution in [0.1, 0.15) is 0 Å². The van der Waals surface area contributed by atoms with Gasteiger partial charge in [-0.05, 0) is 15.6 Å². The maximum Gasteiger partial charge on any atom is 0.278 e. The third-order valence-electron chi connectivity index (χ3n) is 6.37. The summed E-state index contributed by atoms with van der Waals surface area (Å²) in [6.45, 7) is 23.6. The molecule has 0 unspecified atom stereocenters. The van der Waals surface area contributed by atoms with Gasteiger partial charge in [-0.25, -0.2) is 0 Å². The van der Waals surface area contributed by atoms with Crippen molar-refractivity contribution in [1.29, 1.82) is 0 Å². The highest BCUT2D eigenvalue weighted by molar-refractivity contribution is 6.96. The highest BCUT2D eigenvalue weighted by Crippen LogP contribution is 2.23. The Labute approximate surface area is 224 Å². The molecule has 0 atom stereocenters. The predicted octanol–water partition coefficient (Wildman–Crippen LogP) is 5.23. The Morgan fingerprint density at radius 3 is 0.811 bits per heavy atom. The lowest BCUT2D eigenvalue weighted by molar-refractivity contribution is -0.151. The van der Waals surface area contributed by atoms with Gasteiger partial charge in [0, 0.05) is 0 Å². The first-order valence-electron chi connectivity index (χ1n) is 12.0. The molecule has 0 aliphatic heterocycles. The van der Waals surface area contributed by atoms with Crippen LogP contribution < -0.4 is 15.6 Å². The lowest BCUT2D eigenvalue weighted by Crippen LogP contribution is -2.60. The molecule has 3 nitrogen and oxygen atoms in total. The summed E-state index contributed by atoms with van der Waals surface area (Å²) < 4.78 is 20.5. The summed E-state index contributed by atoms with van der Waals surface area (Å²) in [7, 11) is -8.85. The first-order valence-corrected chi connectivity index (χ1v) is 18.2. The van der Waals surface area contributed by atoms with Crippen molar-refractivity contribution in [3.8, 4) is 0 Å². The minimum Gasteiger partial charge on any atom is -0.360 e. The van der Waals surface area contributed by atoms with Crippen LogP contribution in [0.3, 0.4) is 0 Å². The van der Waals surface area contributed by atoms with E-state index in [1.165, 1.54) is 0 Å². The van der Waals surface area contributed by atoms with E-state index in [9.17, 15) is 0 Å². The molecule has 0 heterocycles. The van der Waals surface area contributed by atoms with Crippen LogP contribution in [0.25, 0.3) is 0 Å². The molecule has 0 N–H and O–H groups in total. The zero-order valence-corrected chi connectivity index (χ0v) is 24.2. The van der Waals surface area contributed by atoms with Crippen LogP contribution in [0.2, 0.25) is 0 Å². The smallest absolute Gasteiger partial charge is 0.278 e. The molecule has 3 aromatic rings. The van der Waals surface area contributed by atoms with E-state index in [0.717, 1.165) is 15.6 Å². The fourth-order valence-corrected chi connectivity index (χ4v) is 10.7. The molecule has 0 aliphatic rings. The van der Waals surface area contributed by atoms with Crippen molar-refractivity contribution in [1.82, 2.24) is 0 Å². The summed E-state index contributed by atoms with van der Waals surface area (Å²) in [5.74, 6) is 0. The van der Waals surface area contributed by atoms with Gasteiger partial charge in [-0.15, -0.1) is 39.5 Å². The predicted molar refractivity (Wildman–Crippen MR) is 164 cm³/mol. The third-order valence-corrected chi connectivity index (χ3v) is 15.5. The van der Waals surface area contributed by atoms with Gasteiger partial charge < -0.3 is 13.3 Å². The standard InChI is InChI=1S/C31H34O3Si3/c1-7-35(8-2,28-22-16-13-17-23-28)32-31(33-36(9-3,10-4)29-24-18-14-19-25-29)34-37(11-5,12-6)30-26-20-15-21-27-30/h7-27,31H,1-6H2. The van der Waals surface area contributed by atoms with Crippen LogP contribution in [0, 0.1) is 0 Å². The maximum absolute atomic E-state index is 6.82. The van der Waals surface area contributed by atoms with Gasteiger partial charge in [-0.2, -0.15) is 0 Å². The quantitative estimate of drug-likeness (QED) is 0.196. The van der Waals surface area contributed by atoms with E-state index < -0.39 is 31.4 Å². The Kier molecular flexibility index (Phi) is 9.71. The molecule has 0 saturated carbocycles. The first-order chi connectivity index (χ1) is 18.0. The van der Waals surface area contributed by atoms with Gasteiger partial charge in [0.15, 0.2) is 0 Å². The van der Waals surface area contributed by atoms with Crippen LogP contribution in [0.4, 0.5) is 0 Å². The minimum atomic E-state index is -2.95. The van der Waals surface area contributed by atoms with Crippen LogP contribution in [0.15, 0.2) is 165 Å². The Hall–Kier alpha value is -3.37. The van der Waals surface area contributed by atoms with Crippen molar-refractivity contribution in [3.63, 3.8) is 0 Å². The van der Waals surface area contributed by atoms with Gasteiger partial charge in [-0.1, -0.05) is 125 Å². The molecular weight excluding hydrogens is 505 g/mol. The van der Waals surface area contributed by atoms with Crippen LogP contribution in [-0.4, -0.2) is 31.4 Å². The molecule has 3 rings (SSSR count). The monoisotopic (exact) mass is 538 g/mol. The zero-order valence-electron chi connectivity index (χ0n) is 21.2.